The molecule has 0 bridgehead atoms. The number of fused-ring (bicyclic) bond motifs is 2. The molecule has 4 rings (SSSR count). The molecule has 1 fully saturated rings. The van der Waals surface area contributed by atoms with E-state index in [1.807, 2.05) is 6.92 Å². The molecule has 0 N–H and O–H groups in total. The number of halogens is 3. The quantitative estimate of drug-likeness (QED) is 0.587. The largest absolute Gasteiger partial charge is 0.411 e. The van der Waals surface area contributed by atoms with Crippen molar-refractivity contribution in [3.05, 3.63) is 26.6 Å². The highest BCUT2D eigenvalue weighted by atomic mass is 32.1. The lowest BCUT2D eigenvalue weighted by Crippen LogP contribution is -2.48. The Balaban J connectivity index is 1.37. The minimum Gasteiger partial charge on any atom is -0.372 e. The average Bonchev–Trinajstić information content (AvgIpc) is 2.94. The lowest BCUT2D eigenvalue weighted by Gasteiger charge is -2.34. The second-order valence-corrected chi connectivity index (χ2v) is 9.69. The van der Waals surface area contributed by atoms with Gasteiger partial charge >= 0.3 is 6.18 Å². The Bertz CT molecular complexity index is 1060. The van der Waals surface area contributed by atoms with Crippen LogP contribution in [0, 0.1) is 6.92 Å². The molecule has 7 nitrogen and oxygen atoms in total. The molecule has 1 amide bonds. The molecule has 2 aliphatic rings. The van der Waals surface area contributed by atoms with E-state index in [9.17, 15) is 22.8 Å². The van der Waals surface area contributed by atoms with Gasteiger partial charge < -0.3 is 9.64 Å². The van der Waals surface area contributed by atoms with E-state index in [0.29, 0.717) is 66.3 Å². The van der Waals surface area contributed by atoms with Gasteiger partial charge in [-0.1, -0.05) is 6.42 Å². The second-order valence-electron chi connectivity index (χ2n) is 8.69. The van der Waals surface area contributed by atoms with E-state index in [2.05, 4.69) is 9.64 Å². The number of piperazine rings is 1. The van der Waals surface area contributed by atoms with Crippen molar-refractivity contribution in [1.29, 1.82) is 0 Å². The van der Waals surface area contributed by atoms with Crippen LogP contribution in [0.1, 0.15) is 46.7 Å². The van der Waals surface area contributed by atoms with Gasteiger partial charge in [-0.3, -0.25) is 19.1 Å². The van der Waals surface area contributed by atoms with E-state index in [1.54, 1.807) is 9.47 Å². The Labute approximate surface area is 194 Å². The Morgan fingerprint density at radius 3 is 2.61 bits per heavy atom. The number of carbonyl (C=O) groups excluding carboxylic acids is 1. The number of hydrogen-bond donors (Lipinski definition) is 0. The van der Waals surface area contributed by atoms with Crippen LogP contribution in [0.2, 0.25) is 0 Å². The Kier molecular flexibility index (Phi) is 7.40. The molecule has 2 aromatic rings. The van der Waals surface area contributed by atoms with Crippen LogP contribution in [0.5, 0.6) is 0 Å². The van der Waals surface area contributed by atoms with E-state index in [1.165, 1.54) is 11.3 Å². The maximum Gasteiger partial charge on any atom is 0.411 e. The first-order chi connectivity index (χ1) is 15.7. The Morgan fingerprint density at radius 2 is 1.88 bits per heavy atom. The fraction of sp³-hybridized carbons (Fsp3) is 0.682. The number of alkyl halides is 3. The van der Waals surface area contributed by atoms with Crippen LogP contribution in [0.15, 0.2) is 4.79 Å². The van der Waals surface area contributed by atoms with E-state index < -0.39 is 12.8 Å². The van der Waals surface area contributed by atoms with E-state index >= 15 is 0 Å². The van der Waals surface area contributed by atoms with Gasteiger partial charge in [0.15, 0.2) is 0 Å². The van der Waals surface area contributed by atoms with Gasteiger partial charge in [-0.05, 0) is 31.7 Å². The lowest BCUT2D eigenvalue weighted by molar-refractivity contribution is -0.174. The molecule has 11 heteroatoms. The third kappa shape index (κ3) is 5.58. The zero-order valence-corrected chi connectivity index (χ0v) is 19.6. The average molecular weight is 487 g/mol. The number of amides is 1. The first-order valence-corrected chi connectivity index (χ1v) is 12.2. The van der Waals surface area contributed by atoms with E-state index in [4.69, 9.17) is 4.98 Å². The van der Waals surface area contributed by atoms with Crippen LogP contribution in [-0.4, -0.2) is 77.4 Å². The van der Waals surface area contributed by atoms with Crippen molar-refractivity contribution in [2.45, 2.75) is 51.7 Å². The van der Waals surface area contributed by atoms with Crippen molar-refractivity contribution in [3.63, 3.8) is 0 Å². The van der Waals surface area contributed by atoms with Crippen LogP contribution in [0.3, 0.4) is 0 Å². The molecule has 0 unspecified atom stereocenters. The summed E-state index contributed by atoms with van der Waals surface area (Å²) in [6.45, 7) is 4.38. The molecule has 4 heterocycles. The summed E-state index contributed by atoms with van der Waals surface area (Å²) in [6, 6.07) is 0. The number of aryl methyl sites for hydroxylation is 2. The van der Waals surface area contributed by atoms with Crippen molar-refractivity contribution in [3.8, 4) is 0 Å². The first-order valence-electron chi connectivity index (χ1n) is 11.4. The van der Waals surface area contributed by atoms with Crippen LogP contribution >= 0.6 is 11.3 Å². The van der Waals surface area contributed by atoms with Gasteiger partial charge in [0.25, 0.3) is 11.5 Å². The predicted molar refractivity (Wildman–Crippen MR) is 120 cm³/mol. The molecule has 2 aromatic heterocycles. The van der Waals surface area contributed by atoms with Crippen molar-refractivity contribution < 1.29 is 22.7 Å². The highest BCUT2D eigenvalue weighted by molar-refractivity contribution is 7.20. The number of hydrogen-bond acceptors (Lipinski definition) is 6. The predicted octanol–water partition coefficient (Wildman–Crippen LogP) is 3.22. The molecule has 0 atom stereocenters. The summed E-state index contributed by atoms with van der Waals surface area (Å²) in [5.74, 6) is 0.737. The summed E-state index contributed by atoms with van der Waals surface area (Å²) in [5, 5.41) is 0.562. The normalized spacial score (nSPS) is 17.9. The smallest absolute Gasteiger partial charge is 0.372 e. The summed E-state index contributed by atoms with van der Waals surface area (Å²) >= 11 is 1.30. The van der Waals surface area contributed by atoms with E-state index in [-0.39, 0.29) is 18.1 Å². The molecule has 182 valence electrons. The highest BCUT2D eigenvalue weighted by Crippen LogP contribution is 2.29. The van der Waals surface area contributed by atoms with Crippen LogP contribution in [-0.2, 0) is 17.7 Å². The molecule has 33 heavy (non-hydrogen) atoms. The monoisotopic (exact) mass is 486 g/mol. The molecule has 0 aromatic carbocycles. The third-order valence-corrected chi connectivity index (χ3v) is 7.47. The number of rotatable bonds is 6. The topological polar surface area (TPSA) is 67.7 Å². The van der Waals surface area contributed by atoms with Crippen molar-refractivity contribution >= 4 is 27.5 Å². The summed E-state index contributed by atoms with van der Waals surface area (Å²) < 4.78 is 42.8. The summed E-state index contributed by atoms with van der Waals surface area (Å²) in [5.41, 5.74) is 0.670. The number of carbonyl (C=O) groups is 1. The number of aromatic nitrogens is 2. The zero-order valence-electron chi connectivity index (χ0n) is 18.7. The number of thiophene rings is 1. The molecular formula is C22H29F3N4O3S. The van der Waals surface area contributed by atoms with Crippen LogP contribution in [0.4, 0.5) is 13.2 Å². The molecule has 1 saturated heterocycles. The zero-order chi connectivity index (χ0) is 23.6. The maximum atomic E-state index is 13.2. The number of nitrogens with zero attached hydrogens (tertiary/aromatic N) is 4. The maximum absolute atomic E-state index is 13.2. The molecule has 0 saturated carbocycles. The van der Waals surface area contributed by atoms with Crippen LogP contribution in [0.25, 0.3) is 10.2 Å². The fourth-order valence-electron chi connectivity index (χ4n) is 4.51. The summed E-state index contributed by atoms with van der Waals surface area (Å²) in [6.07, 6.45) is 0.0804. The lowest BCUT2D eigenvalue weighted by atomic mass is 10.2. The van der Waals surface area contributed by atoms with E-state index in [0.717, 1.165) is 31.5 Å². The van der Waals surface area contributed by atoms with Crippen LogP contribution < -0.4 is 5.56 Å². The fourth-order valence-corrected chi connectivity index (χ4v) is 5.67. The molecule has 0 aliphatic carbocycles. The summed E-state index contributed by atoms with van der Waals surface area (Å²) in [4.78, 5) is 36.2. The molecule has 0 radical (unpaired) electrons. The Hall–Kier alpha value is -1.98. The van der Waals surface area contributed by atoms with Crippen molar-refractivity contribution in [1.82, 2.24) is 19.4 Å². The SMILES string of the molecule is Cc1c(C(=O)N2CCN(CCCOCC(F)(F)F)CC2)sc2nc3n(c(=O)c12)CCCCC3. The minimum absolute atomic E-state index is 0.0396. The molecule has 2 aliphatic heterocycles. The third-order valence-electron chi connectivity index (χ3n) is 6.29. The van der Waals surface area contributed by atoms with Gasteiger partial charge in [-0.15, -0.1) is 11.3 Å². The van der Waals surface area contributed by atoms with Gasteiger partial charge in [-0.2, -0.15) is 13.2 Å². The molecular weight excluding hydrogens is 457 g/mol. The van der Waals surface area contributed by atoms with Gasteiger partial charge in [0.1, 0.15) is 17.3 Å². The molecule has 0 spiro atoms. The highest BCUT2D eigenvalue weighted by Gasteiger charge is 2.28. The number of ether oxygens (including phenoxy) is 1. The summed E-state index contributed by atoms with van der Waals surface area (Å²) in [7, 11) is 0. The standard InChI is InChI=1S/C22H29F3N4O3S/c1-15-17-19(26-16-6-3-2-4-8-29(16)20(17)30)33-18(15)21(31)28-11-9-27(10-12-28)7-5-13-32-14-22(23,24)25/h2-14H2,1H3. The van der Waals surface area contributed by atoms with Gasteiger partial charge in [-0.25, -0.2) is 4.98 Å². The van der Waals surface area contributed by atoms with Gasteiger partial charge in [0.05, 0.1) is 10.3 Å². The first kappa shape index (κ1) is 24.2. The van der Waals surface area contributed by atoms with Gasteiger partial charge in [0, 0.05) is 52.3 Å². The Morgan fingerprint density at radius 1 is 1.12 bits per heavy atom. The van der Waals surface area contributed by atoms with Crippen molar-refractivity contribution in [2.75, 3.05) is 45.9 Å². The second kappa shape index (κ2) is 10.1. The minimum atomic E-state index is -4.30. The van der Waals surface area contributed by atoms with Crippen molar-refractivity contribution in [2.24, 2.45) is 0 Å². The van der Waals surface area contributed by atoms with Gasteiger partial charge in [0.2, 0.25) is 0 Å².